The van der Waals surface area contributed by atoms with Crippen molar-refractivity contribution in [2.75, 3.05) is 4.72 Å². The summed E-state index contributed by atoms with van der Waals surface area (Å²) in [7, 11) is -2.04. The molecule has 0 bridgehead atoms. The van der Waals surface area contributed by atoms with Crippen molar-refractivity contribution >= 4 is 26.9 Å². The number of benzene rings is 1. The number of anilines is 1. The first-order chi connectivity index (χ1) is 7.79. The van der Waals surface area contributed by atoms with E-state index < -0.39 is 10.2 Å². The summed E-state index contributed by atoms with van der Waals surface area (Å²) < 4.78 is 26.0. The first-order valence-electron chi connectivity index (χ1n) is 5.03. The van der Waals surface area contributed by atoms with E-state index in [2.05, 4.69) is 9.82 Å². The van der Waals surface area contributed by atoms with E-state index in [4.69, 9.17) is 5.14 Å². The zero-order valence-corrected chi connectivity index (χ0v) is 10.7. The lowest BCUT2D eigenvalue weighted by molar-refractivity contribution is 0.602. The van der Waals surface area contributed by atoms with Crippen molar-refractivity contribution in [3.8, 4) is 0 Å². The van der Waals surface area contributed by atoms with Crippen molar-refractivity contribution in [2.45, 2.75) is 13.8 Å². The van der Waals surface area contributed by atoms with Crippen molar-refractivity contribution in [2.24, 2.45) is 12.2 Å². The molecule has 1 aromatic carbocycles. The van der Waals surface area contributed by atoms with Gasteiger partial charge in [-0.3, -0.25) is 9.40 Å². The molecule has 2 rings (SSSR count). The molecule has 0 radical (unpaired) electrons. The number of nitrogens with two attached hydrogens (primary N) is 1. The minimum atomic E-state index is -3.81. The third kappa shape index (κ3) is 2.11. The smallest absolute Gasteiger partial charge is 0.266 e. The largest absolute Gasteiger partial charge is 0.297 e. The topological polar surface area (TPSA) is 90.0 Å². The Balaban J connectivity index is 2.79. The second-order valence-electron chi connectivity index (χ2n) is 4.04. The van der Waals surface area contributed by atoms with Gasteiger partial charge in [-0.2, -0.15) is 13.5 Å². The van der Waals surface area contributed by atoms with Crippen LogP contribution in [0.5, 0.6) is 0 Å². The standard InChI is InChI=1S/C10H14N4O2S/c1-6-4-5-7(2)9-8(6)10(12-14(9)3)13-17(11,15)16/h4-5H,1-3H3,(H,12,13)(H2,11,15,16). The fraction of sp³-hybridized carbons (Fsp3) is 0.300. The van der Waals surface area contributed by atoms with Gasteiger partial charge in [0.15, 0.2) is 5.82 Å². The van der Waals surface area contributed by atoms with Gasteiger partial charge in [0.2, 0.25) is 0 Å². The summed E-state index contributed by atoms with van der Waals surface area (Å²) in [6.45, 7) is 3.85. The number of nitrogens with zero attached hydrogens (tertiary/aromatic N) is 2. The maximum Gasteiger partial charge on any atom is 0.297 e. The number of hydrogen-bond donors (Lipinski definition) is 2. The maximum absolute atomic E-state index is 11.1. The first-order valence-corrected chi connectivity index (χ1v) is 6.57. The van der Waals surface area contributed by atoms with Crippen LogP contribution in [-0.4, -0.2) is 18.2 Å². The van der Waals surface area contributed by atoms with Crippen molar-refractivity contribution in [1.82, 2.24) is 9.78 Å². The number of hydrogen-bond acceptors (Lipinski definition) is 3. The van der Waals surface area contributed by atoms with Gasteiger partial charge in [-0.1, -0.05) is 12.1 Å². The summed E-state index contributed by atoms with van der Waals surface area (Å²) in [6, 6.07) is 3.90. The van der Waals surface area contributed by atoms with Crippen molar-refractivity contribution in [3.05, 3.63) is 23.3 Å². The van der Waals surface area contributed by atoms with E-state index in [-0.39, 0.29) is 5.82 Å². The molecular weight excluding hydrogens is 240 g/mol. The second-order valence-corrected chi connectivity index (χ2v) is 5.34. The first kappa shape index (κ1) is 11.9. The second kappa shape index (κ2) is 3.71. The summed E-state index contributed by atoms with van der Waals surface area (Å²) in [5.41, 5.74) is 2.88. The molecule has 0 saturated heterocycles. The summed E-state index contributed by atoms with van der Waals surface area (Å²) in [5.74, 6) is 0.270. The Kier molecular flexibility index (Phi) is 2.59. The van der Waals surface area contributed by atoms with Gasteiger partial charge in [0.05, 0.1) is 5.52 Å². The normalized spacial score (nSPS) is 12.0. The van der Waals surface area contributed by atoms with Gasteiger partial charge >= 0.3 is 0 Å². The third-order valence-corrected chi connectivity index (χ3v) is 3.12. The van der Waals surface area contributed by atoms with Crippen LogP contribution < -0.4 is 9.86 Å². The predicted molar refractivity (Wildman–Crippen MR) is 66.9 cm³/mol. The van der Waals surface area contributed by atoms with E-state index in [1.54, 1.807) is 11.7 Å². The summed E-state index contributed by atoms with van der Waals surface area (Å²) >= 11 is 0. The molecule has 0 aliphatic heterocycles. The molecule has 3 N–H and O–H groups in total. The van der Waals surface area contributed by atoms with E-state index in [1.165, 1.54) is 0 Å². The van der Waals surface area contributed by atoms with Gasteiger partial charge in [-0.15, -0.1) is 0 Å². The Bertz CT molecular complexity index is 688. The van der Waals surface area contributed by atoms with E-state index in [1.807, 2.05) is 26.0 Å². The Morgan fingerprint density at radius 2 is 1.88 bits per heavy atom. The lowest BCUT2D eigenvalue weighted by Gasteiger charge is -2.03. The average Bonchev–Trinajstić information content (AvgIpc) is 2.48. The molecule has 1 aromatic heterocycles. The van der Waals surface area contributed by atoms with Crippen molar-refractivity contribution in [1.29, 1.82) is 0 Å². The molecule has 0 aliphatic rings. The molecule has 0 spiro atoms. The van der Waals surface area contributed by atoms with Gasteiger partial charge in [0, 0.05) is 12.4 Å². The van der Waals surface area contributed by atoms with Crippen LogP contribution in [0, 0.1) is 13.8 Å². The predicted octanol–water partition coefficient (Wildman–Crippen LogP) is 0.806. The Labute approximate surface area is 99.6 Å². The highest BCUT2D eigenvalue weighted by Crippen LogP contribution is 2.28. The average molecular weight is 254 g/mol. The van der Waals surface area contributed by atoms with E-state index >= 15 is 0 Å². The van der Waals surface area contributed by atoms with Crippen LogP contribution in [0.25, 0.3) is 10.9 Å². The minimum Gasteiger partial charge on any atom is -0.266 e. The molecule has 0 atom stereocenters. The fourth-order valence-electron chi connectivity index (χ4n) is 1.97. The van der Waals surface area contributed by atoms with Crippen LogP contribution in [0.2, 0.25) is 0 Å². The Hall–Kier alpha value is -1.60. The molecule has 1 heterocycles. The van der Waals surface area contributed by atoms with Crippen LogP contribution in [0.1, 0.15) is 11.1 Å². The van der Waals surface area contributed by atoms with Gasteiger partial charge in [-0.25, -0.2) is 5.14 Å². The molecule has 17 heavy (non-hydrogen) atoms. The highest BCUT2D eigenvalue weighted by atomic mass is 32.2. The third-order valence-electron chi connectivity index (χ3n) is 2.64. The molecular formula is C10H14N4O2S. The molecule has 0 amide bonds. The summed E-state index contributed by atoms with van der Waals surface area (Å²) in [4.78, 5) is 0. The Morgan fingerprint density at radius 3 is 2.47 bits per heavy atom. The molecule has 0 unspecified atom stereocenters. The monoisotopic (exact) mass is 254 g/mol. The van der Waals surface area contributed by atoms with Gasteiger partial charge in [-0.05, 0) is 25.0 Å². The highest BCUT2D eigenvalue weighted by Gasteiger charge is 2.15. The maximum atomic E-state index is 11.1. The van der Waals surface area contributed by atoms with Crippen LogP contribution in [0.4, 0.5) is 5.82 Å². The van der Waals surface area contributed by atoms with Crippen LogP contribution in [-0.2, 0) is 17.3 Å². The van der Waals surface area contributed by atoms with Crippen LogP contribution >= 0.6 is 0 Å². The lowest BCUT2D eigenvalue weighted by Crippen LogP contribution is -2.22. The van der Waals surface area contributed by atoms with Gasteiger partial charge in [0.1, 0.15) is 0 Å². The van der Waals surface area contributed by atoms with E-state index in [0.717, 1.165) is 22.0 Å². The summed E-state index contributed by atoms with van der Waals surface area (Å²) in [6.07, 6.45) is 0. The molecule has 92 valence electrons. The van der Waals surface area contributed by atoms with Crippen molar-refractivity contribution < 1.29 is 8.42 Å². The SMILES string of the molecule is Cc1ccc(C)c2c1c(NS(N)(=O)=O)nn2C. The molecule has 0 fully saturated rings. The van der Waals surface area contributed by atoms with Gasteiger partial charge in [0.25, 0.3) is 10.2 Å². The molecule has 6 nitrogen and oxygen atoms in total. The highest BCUT2D eigenvalue weighted by molar-refractivity contribution is 7.90. The number of rotatable bonds is 2. The Morgan fingerprint density at radius 1 is 1.29 bits per heavy atom. The fourth-order valence-corrected chi connectivity index (χ4v) is 2.38. The molecule has 0 saturated carbocycles. The number of fused-ring (bicyclic) bond motifs is 1. The van der Waals surface area contributed by atoms with E-state index in [9.17, 15) is 8.42 Å². The van der Waals surface area contributed by atoms with Crippen molar-refractivity contribution in [3.63, 3.8) is 0 Å². The molecule has 2 aromatic rings. The van der Waals surface area contributed by atoms with Crippen LogP contribution in [0.15, 0.2) is 12.1 Å². The number of aryl methyl sites for hydroxylation is 3. The zero-order valence-electron chi connectivity index (χ0n) is 9.85. The number of aromatic nitrogens is 2. The van der Waals surface area contributed by atoms with Gasteiger partial charge < -0.3 is 0 Å². The molecule has 0 aliphatic carbocycles. The van der Waals surface area contributed by atoms with E-state index in [0.29, 0.717) is 0 Å². The summed E-state index contributed by atoms with van der Waals surface area (Å²) in [5, 5.41) is 9.89. The lowest BCUT2D eigenvalue weighted by atomic mass is 10.1. The minimum absolute atomic E-state index is 0.270. The molecule has 7 heteroatoms. The zero-order chi connectivity index (χ0) is 12.8. The number of nitrogens with one attached hydrogen (secondary N) is 1. The quantitative estimate of drug-likeness (QED) is 0.830. The van der Waals surface area contributed by atoms with Crippen LogP contribution in [0.3, 0.4) is 0 Å².